The van der Waals surface area contributed by atoms with Gasteiger partial charge in [0.05, 0.1) is 0 Å². The Morgan fingerprint density at radius 2 is 2.00 bits per heavy atom. The second-order valence-corrected chi connectivity index (χ2v) is 4.37. The van der Waals surface area contributed by atoms with Gasteiger partial charge in [0, 0.05) is 16.0 Å². The molecular formula is C12H10IN. The highest BCUT2D eigenvalue weighted by atomic mass is 127. The van der Waals surface area contributed by atoms with E-state index in [2.05, 4.69) is 58.8 Å². The molecule has 0 radical (unpaired) electrons. The maximum atomic E-state index is 4.11. The molecular weight excluding hydrogens is 285 g/mol. The summed E-state index contributed by atoms with van der Waals surface area (Å²) in [5.74, 6) is 0. The SMILES string of the molecule is Cc1cc(-c2cccnc2)ccc1I. The smallest absolute Gasteiger partial charge is 0.0346 e. The molecule has 0 bridgehead atoms. The van der Waals surface area contributed by atoms with E-state index in [0.717, 1.165) is 0 Å². The van der Waals surface area contributed by atoms with E-state index >= 15 is 0 Å². The molecule has 1 nitrogen and oxygen atoms in total. The van der Waals surface area contributed by atoms with Crippen molar-refractivity contribution >= 4 is 22.6 Å². The Kier molecular flexibility index (Phi) is 2.82. The summed E-state index contributed by atoms with van der Waals surface area (Å²) in [5.41, 5.74) is 3.72. The Labute approximate surface area is 97.3 Å². The van der Waals surface area contributed by atoms with Crippen LogP contribution in [-0.2, 0) is 0 Å². The maximum absolute atomic E-state index is 4.11. The third-order valence-corrected chi connectivity index (χ3v) is 3.36. The van der Waals surface area contributed by atoms with Crippen LogP contribution in [0.3, 0.4) is 0 Å². The maximum Gasteiger partial charge on any atom is 0.0346 e. The Morgan fingerprint density at radius 1 is 1.14 bits per heavy atom. The molecule has 0 spiro atoms. The van der Waals surface area contributed by atoms with Crippen molar-refractivity contribution < 1.29 is 0 Å². The topological polar surface area (TPSA) is 12.9 Å². The van der Waals surface area contributed by atoms with E-state index in [1.165, 1.54) is 20.3 Å². The van der Waals surface area contributed by atoms with Gasteiger partial charge in [0.25, 0.3) is 0 Å². The van der Waals surface area contributed by atoms with Crippen LogP contribution in [-0.4, -0.2) is 4.98 Å². The van der Waals surface area contributed by atoms with Gasteiger partial charge in [-0.3, -0.25) is 4.98 Å². The van der Waals surface area contributed by atoms with Crippen LogP contribution in [0.1, 0.15) is 5.56 Å². The lowest BCUT2D eigenvalue weighted by Crippen LogP contribution is -1.83. The van der Waals surface area contributed by atoms with E-state index in [-0.39, 0.29) is 0 Å². The highest BCUT2D eigenvalue weighted by Crippen LogP contribution is 2.21. The van der Waals surface area contributed by atoms with Gasteiger partial charge in [-0.25, -0.2) is 0 Å². The second kappa shape index (κ2) is 4.09. The molecule has 70 valence electrons. The van der Waals surface area contributed by atoms with E-state index in [0.29, 0.717) is 0 Å². The van der Waals surface area contributed by atoms with Gasteiger partial charge in [-0.1, -0.05) is 18.2 Å². The standard InChI is InChI=1S/C12H10IN/c1-9-7-10(4-5-12(9)13)11-3-2-6-14-8-11/h2-8H,1H3. The minimum atomic E-state index is 1.17. The number of hydrogen-bond acceptors (Lipinski definition) is 1. The van der Waals surface area contributed by atoms with Gasteiger partial charge in [-0.2, -0.15) is 0 Å². The molecule has 1 aromatic carbocycles. The quantitative estimate of drug-likeness (QED) is 0.732. The molecule has 0 aliphatic heterocycles. The first-order valence-electron chi connectivity index (χ1n) is 4.44. The van der Waals surface area contributed by atoms with Gasteiger partial charge >= 0.3 is 0 Å². The number of aryl methyl sites for hydroxylation is 1. The van der Waals surface area contributed by atoms with Crippen LogP contribution in [0, 0.1) is 10.5 Å². The Morgan fingerprint density at radius 3 is 2.64 bits per heavy atom. The fraction of sp³-hybridized carbons (Fsp3) is 0.0833. The largest absolute Gasteiger partial charge is 0.264 e. The molecule has 0 aliphatic rings. The number of hydrogen-bond donors (Lipinski definition) is 0. The summed E-state index contributed by atoms with van der Waals surface area (Å²) in [7, 11) is 0. The van der Waals surface area contributed by atoms with Crippen LogP contribution in [0.4, 0.5) is 0 Å². The average Bonchev–Trinajstić information content (AvgIpc) is 2.23. The van der Waals surface area contributed by atoms with Gasteiger partial charge in [0.2, 0.25) is 0 Å². The summed E-state index contributed by atoms with van der Waals surface area (Å²) < 4.78 is 1.30. The second-order valence-electron chi connectivity index (χ2n) is 3.21. The lowest BCUT2D eigenvalue weighted by atomic mass is 10.1. The number of aromatic nitrogens is 1. The lowest BCUT2D eigenvalue weighted by Gasteiger charge is -2.03. The molecule has 2 heteroatoms. The molecule has 1 heterocycles. The fourth-order valence-electron chi connectivity index (χ4n) is 1.36. The van der Waals surface area contributed by atoms with Crippen molar-refractivity contribution in [1.82, 2.24) is 4.98 Å². The number of nitrogens with zero attached hydrogens (tertiary/aromatic N) is 1. The molecule has 0 unspecified atom stereocenters. The van der Waals surface area contributed by atoms with Crippen LogP contribution in [0.5, 0.6) is 0 Å². The summed E-state index contributed by atoms with van der Waals surface area (Å²) in [6.07, 6.45) is 3.69. The van der Waals surface area contributed by atoms with Crippen molar-refractivity contribution in [2.45, 2.75) is 6.92 Å². The predicted octanol–water partition coefficient (Wildman–Crippen LogP) is 3.66. The third kappa shape index (κ3) is 1.95. The summed E-state index contributed by atoms with van der Waals surface area (Å²) in [6.45, 7) is 2.13. The van der Waals surface area contributed by atoms with E-state index in [9.17, 15) is 0 Å². The minimum absolute atomic E-state index is 1.17. The van der Waals surface area contributed by atoms with Crippen LogP contribution < -0.4 is 0 Å². The highest BCUT2D eigenvalue weighted by molar-refractivity contribution is 14.1. The lowest BCUT2D eigenvalue weighted by molar-refractivity contribution is 1.32. The summed E-state index contributed by atoms with van der Waals surface area (Å²) in [6, 6.07) is 10.5. The van der Waals surface area contributed by atoms with Crippen molar-refractivity contribution in [3.63, 3.8) is 0 Å². The minimum Gasteiger partial charge on any atom is -0.264 e. The van der Waals surface area contributed by atoms with Crippen molar-refractivity contribution in [2.24, 2.45) is 0 Å². The molecule has 2 rings (SSSR count). The first-order valence-corrected chi connectivity index (χ1v) is 5.52. The summed E-state index contributed by atoms with van der Waals surface area (Å²) in [4.78, 5) is 4.11. The monoisotopic (exact) mass is 295 g/mol. The van der Waals surface area contributed by atoms with Crippen LogP contribution in [0.25, 0.3) is 11.1 Å². The van der Waals surface area contributed by atoms with Gasteiger partial charge in [0.15, 0.2) is 0 Å². The average molecular weight is 295 g/mol. The molecule has 14 heavy (non-hydrogen) atoms. The zero-order valence-electron chi connectivity index (χ0n) is 7.87. The van der Waals surface area contributed by atoms with Gasteiger partial charge in [-0.05, 0) is 58.3 Å². The molecule has 0 aliphatic carbocycles. The van der Waals surface area contributed by atoms with Crippen molar-refractivity contribution in [3.8, 4) is 11.1 Å². The highest BCUT2D eigenvalue weighted by Gasteiger charge is 1.99. The van der Waals surface area contributed by atoms with E-state index in [1.807, 2.05) is 12.3 Å². The Bertz CT molecular complexity index is 437. The normalized spacial score (nSPS) is 10.1. The number of rotatable bonds is 1. The number of halogens is 1. The van der Waals surface area contributed by atoms with E-state index in [1.54, 1.807) is 6.20 Å². The number of benzene rings is 1. The molecule has 0 fully saturated rings. The third-order valence-electron chi connectivity index (χ3n) is 2.15. The Balaban J connectivity index is 2.48. The van der Waals surface area contributed by atoms with Crippen LogP contribution >= 0.6 is 22.6 Å². The van der Waals surface area contributed by atoms with Crippen molar-refractivity contribution in [3.05, 3.63) is 51.9 Å². The van der Waals surface area contributed by atoms with Crippen molar-refractivity contribution in [1.29, 1.82) is 0 Å². The predicted molar refractivity (Wildman–Crippen MR) is 67.1 cm³/mol. The van der Waals surface area contributed by atoms with Crippen molar-refractivity contribution in [2.75, 3.05) is 0 Å². The Hall–Kier alpha value is -0.900. The van der Waals surface area contributed by atoms with Crippen LogP contribution in [0.15, 0.2) is 42.7 Å². The zero-order valence-corrected chi connectivity index (χ0v) is 10.0. The molecule has 0 saturated carbocycles. The van der Waals surface area contributed by atoms with Gasteiger partial charge in [0.1, 0.15) is 0 Å². The summed E-state index contributed by atoms with van der Waals surface area (Å²) in [5, 5.41) is 0. The molecule has 0 N–H and O–H groups in total. The first kappa shape index (κ1) is 9.65. The fourth-order valence-corrected chi connectivity index (χ4v) is 1.69. The van der Waals surface area contributed by atoms with E-state index in [4.69, 9.17) is 0 Å². The molecule has 0 amide bonds. The van der Waals surface area contributed by atoms with E-state index < -0.39 is 0 Å². The van der Waals surface area contributed by atoms with Gasteiger partial charge in [-0.15, -0.1) is 0 Å². The molecule has 0 saturated heterocycles. The summed E-state index contributed by atoms with van der Waals surface area (Å²) >= 11 is 2.34. The first-order chi connectivity index (χ1) is 6.77. The molecule has 2 aromatic rings. The zero-order chi connectivity index (χ0) is 9.97. The molecule has 1 aromatic heterocycles. The molecule has 0 atom stereocenters. The van der Waals surface area contributed by atoms with Crippen LogP contribution in [0.2, 0.25) is 0 Å². The number of pyridine rings is 1. The van der Waals surface area contributed by atoms with Gasteiger partial charge < -0.3 is 0 Å².